The number of furan rings is 1. The van der Waals surface area contributed by atoms with E-state index in [0.29, 0.717) is 33.4 Å². The van der Waals surface area contributed by atoms with Gasteiger partial charge in [0.15, 0.2) is 5.82 Å². The summed E-state index contributed by atoms with van der Waals surface area (Å²) in [5, 5.41) is 4.36. The van der Waals surface area contributed by atoms with Crippen LogP contribution in [0, 0.1) is 5.82 Å². The number of hydrogen-bond acceptors (Lipinski definition) is 6. The van der Waals surface area contributed by atoms with Crippen molar-refractivity contribution in [3.05, 3.63) is 99.8 Å². The molecule has 0 atom stereocenters. The molecule has 0 saturated carbocycles. The van der Waals surface area contributed by atoms with E-state index in [-0.39, 0.29) is 11.4 Å². The second-order valence-corrected chi connectivity index (χ2v) is 7.89. The first kappa shape index (κ1) is 19.9. The fourth-order valence-electron chi connectivity index (χ4n) is 3.14. The first-order chi connectivity index (χ1) is 15.6. The minimum Gasteiger partial charge on any atom is -0.490 e. The average Bonchev–Trinajstić information content (AvgIpc) is 3.51. The first-order valence-electron chi connectivity index (χ1n) is 9.72. The maximum atomic E-state index is 13.1. The molecule has 158 valence electrons. The lowest BCUT2D eigenvalue weighted by Crippen LogP contribution is -2.23. The van der Waals surface area contributed by atoms with Gasteiger partial charge in [0.2, 0.25) is 4.96 Å². The highest BCUT2D eigenvalue weighted by Crippen LogP contribution is 2.23. The van der Waals surface area contributed by atoms with Crippen molar-refractivity contribution < 1.29 is 13.5 Å². The summed E-state index contributed by atoms with van der Waals surface area (Å²) < 4.78 is 26.1. The summed E-state index contributed by atoms with van der Waals surface area (Å²) in [5.74, 6) is 1.97. The molecule has 0 bridgehead atoms. The topological polar surface area (TPSA) is 69.6 Å². The normalized spacial score (nSPS) is 11.8. The third-order valence-electron chi connectivity index (χ3n) is 4.69. The Morgan fingerprint density at radius 3 is 2.53 bits per heavy atom. The summed E-state index contributed by atoms with van der Waals surface area (Å²) in [6, 6.07) is 16.9. The van der Waals surface area contributed by atoms with Crippen molar-refractivity contribution in [2.24, 2.45) is 0 Å². The fraction of sp³-hybridized carbons (Fsp3) is 0.0417. The van der Waals surface area contributed by atoms with Gasteiger partial charge in [-0.3, -0.25) is 4.79 Å². The van der Waals surface area contributed by atoms with Gasteiger partial charge in [0, 0.05) is 17.2 Å². The Kier molecular flexibility index (Phi) is 5.12. The highest BCUT2D eigenvalue weighted by Gasteiger charge is 2.13. The smallest absolute Gasteiger partial charge is 0.291 e. The van der Waals surface area contributed by atoms with Crippen LogP contribution in [0.4, 0.5) is 4.39 Å². The third-order valence-corrected chi connectivity index (χ3v) is 5.65. The van der Waals surface area contributed by atoms with Crippen LogP contribution in [-0.2, 0) is 0 Å². The molecule has 0 aliphatic carbocycles. The van der Waals surface area contributed by atoms with Crippen molar-refractivity contribution >= 4 is 22.4 Å². The summed E-state index contributed by atoms with van der Waals surface area (Å²) in [6.07, 6.45) is 3.33. The van der Waals surface area contributed by atoms with Crippen LogP contribution < -0.4 is 14.8 Å². The first-order valence-corrected chi connectivity index (χ1v) is 10.5. The number of hydrogen-bond donors (Lipinski definition) is 0. The molecule has 8 heteroatoms. The van der Waals surface area contributed by atoms with Crippen LogP contribution in [0.25, 0.3) is 33.7 Å². The summed E-state index contributed by atoms with van der Waals surface area (Å²) in [4.78, 5) is 17.8. The second kappa shape index (κ2) is 8.24. The monoisotopic (exact) mass is 445 g/mol. The maximum absolute atomic E-state index is 13.1. The van der Waals surface area contributed by atoms with E-state index in [0.717, 1.165) is 16.9 Å². The predicted octanol–water partition coefficient (Wildman–Crippen LogP) is 4.33. The number of aromatic nitrogens is 3. The quantitative estimate of drug-likeness (QED) is 0.364. The van der Waals surface area contributed by atoms with E-state index in [9.17, 15) is 9.18 Å². The molecule has 5 rings (SSSR count). The summed E-state index contributed by atoms with van der Waals surface area (Å²) >= 11 is 1.23. The van der Waals surface area contributed by atoms with E-state index in [1.807, 2.05) is 24.3 Å². The highest BCUT2D eigenvalue weighted by atomic mass is 32.1. The van der Waals surface area contributed by atoms with Crippen LogP contribution in [0.1, 0.15) is 5.76 Å². The average molecular weight is 445 g/mol. The molecule has 0 saturated heterocycles. The lowest BCUT2D eigenvalue weighted by molar-refractivity contribution is 0.363. The van der Waals surface area contributed by atoms with Gasteiger partial charge < -0.3 is 9.15 Å². The van der Waals surface area contributed by atoms with Crippen LogP contribution in [0.5, 0.6) is 5.75 Å². The van der Waals surface area contributed by atoms with E-state index in [4.69, 9.17) is 9.15 Å². The van der Waals surface area contributed by atoms with Gasteiger partial charge in [-0.05, 0) is 60.7 Å². The Labute approximate surface area is 185 Å². The Morgan fingerprint density at radius 2 is 1.81 bits per heavy atom. The molecule has 3 heterocycles. The Balaban J connectivity index is 1.43. The largest absolute Gasteiger partial charge is 0.490 e. The highest BCUT2D eigenvalue weighted by molar-refractivity contribution is 7.15. The molecule has 6 nitrogen and oxygen atoms in total. The molecule has 0 unspecified atom stereocenters. The number of fused-ring (bicyclic) bond motifs is 1. The fourth-order valence-corrected chi connectivity index (χ4v) is 4.03. The van der Waals surface area contributed by atoms with Gasteiger partial charge in [-0.15, -0.1) is 5.10 Å². The lowest BCUT2D eigenvalue weighted by atomic mass is 10.2. The van der Waals surface area contributed by atoms with Crippen molar-refractivity contribution in [3.63, 3.8) is 0 Å². The van der Waals surface area contributed by atoms with Crippen molar-refractivity contribution in [1.29, 1.82) is 0 Å². The predicted molar refractivity (Wildman–Crippen MR) is 121 cm³/mol. The van der Waals surface area contributed by atoms with Gasteiger partial charge in [0.25, 0.3) is 5.56 Å². The van der Waals surface area contributed by atoms with Gasteiger partial charge >= 0.3 is 0 Å². The zero-order valence-corrected chi connectivity index (χ0v) is 17.5. The number of thiazole rings is 1. The van der Waals surface area contributed by atoms with Gasteiger partial charge in [-0.1, -0.05) is 24.0 Å². The Hall–Kier alpha value is -4.04. The number of halogens is 1. The van der Waals surface area contributed by atoms with E-state index in [1.165, 1.54) is 28.0 Å². The summed E-state index contributed by atoms with van der Waals surface area (Å²) in [7, 11) is 0. The summed E-state index contributed by atoms with van der Waals surface area (Å²) in [6.45, 7) is 4.05. The molecule has 0 N–H and O–H groups in total. The molecule has 0 aliphatic rings. The molecule has 0 spiro atoms. The molecular weight excluding hydrogens is 429 g/mol. The van der Waals surface area contributed by atoms with Crippen LogP contribution in [-0.4, -0.2) is 21.2 Å². The summed E-state index contributed by atoms with van der Waals surface area (Å²) in [5.41, 5.74) is 1.27. The van der Waals surface area contributed by atoms with E-state index < -0.39 is 0 Å². The maximum Gasteiger partial charge on any atom is 0.291 e. The zero-order chi connectivity index (χ0) is 22.1. The lowest BCUT2D eigenvalue weighted by Gasteiger charge is -2.02. The second-order valence-electron chi connectivity index (χ2n) is 6.88. The Morgan fingerprint density at radius 1 is 1.06 bits per heavy atom. The van der Waals surface area contributed by atoms with Gasteiger partial charge in [-0.2, -0.15) is 9.50 Å². The van der Waals surface area contributed by atoms with Crippen molar-refractivity contribution in [1.82, 2.24) is 14.6 Å². The van der Waals surface area contributed by atoms with Gasteiger partial charge in [0.05, 0.1) is 0 Å². The minimum absolute atomic E-state index is 0.269. The molecule has 3 aromatic heterocycles. The number of ether oxygens (including phenoxy) is 1. The van der Waals surface area contributed by atoms with Gasteiger partial charge in [0.1, 0.15) is 34.2 Å². The molecule has 0 amide bonds. The van der Waals surface area contributed by atoms with Gasteiger partial charge in [-0.25, -0.2) is 4.39 Å². The van der Waals surface area contributed by atoms with Crippen molar-refractivity contribution in [2.45, 2.75) is 0 Å². The van der Waals surface area contributed by atoms with Crippen LogP contribution in [0.15, 0.2) is 82.5 Å². The van der Waals surface area contributed by atoms with Crippen LogP contribution in [0.2, 0.25) is 0 Å². The minimum atomic E-state index is -0.311. The van der Waals surface area contributed by atoms with E-state index in [1.54, 1.807) is 36.4 Å². The molecule has 5 aromatic rings. The zero-order valence-electron chi connectivity index (χ0n) is 16.7. The van der Waals surface area contributed by atoms with Crippen LogP contribution in [0.3, 0.4) is 0 Å². The molecule has 0 radical (unpaired) electrons. The molecule has 0 fully saturated rings. The van der Waals surface area contributed by atoms with Crippen molar-refractivity contribution in [3.8, 4) is 28.5 Å². The van der Waals surface area contributed by atoms with E-state index >= 15 is 0 Å². The molecular formula is C24H16FN3O3S. The van der Waals surface area contributed by atoms with Crippen molar-refractivity contribution in [2.75, 3.05) is 6.61 Å². The Bertz CT molecular complexity index is 1520. The van der Waals surface area contributed by atoms with E-state index in [2.05, 4.69) is 16.7 Å². The number of rotatable bonds is 6. The number of benzene rings is 2. The van der Waals surface area contributed by atoms with Crippen LogP contribution >= 0.6 is 11.3 Å². The number of nitrogens with zero attached hydrogens (tertiary/aromatic N) is 3. The molecule has 0 aliphatic heterocycles. The molecule has 2 aromatic carbocycles. The SMILES string of the molecule is C=CCOc1ccc(-c2nc3s/c(=C/c4ccc(-c5ccc(F)cc5)o4)c(=O)n3n2)cc1. The third kappa shape index (κ3) is 3.83. The molecule has 32 heavy (non-hydrogen) atoms. The standard InChI is InChI=1S/C24H16FN3O3S/c1-2-13-30-18-9-5-16(6-10-18)22-26-24-28(27-22)23(29)21(32-24)14-19-11-12-20(31-19)15-3-7-17(25)8-4-15/h2-12,14H,1,13H2/b21-14+.